The molecule has 0 saturated carbocycles. The number of nitro groups is 1. The van der Waals surface area contributed by atoms with E-state index < -0.39 is 4.92 Å². The maximum absolute atomic E-state index is 11.9. The lowest BCUT2D eigenvalue weighted by Crippen LogP contribution is -2.27. The predicted molar refractivity (Wildman–Crippen MR) is 72.1 cm³/mol. The summed E-state index contributed by atoms with van der Waals surface area (Å²) in [5, 5.41) is 16.7. The molecule has 6 heteroatoms. The molecule has 1 aromatic rings. The van der Waals surface area contributed by atoms with E-state index in [4.69, 9.17) is 0 Å². The van der Waals surface area contributed by atoms with Crippen LogP contribution in [0.3, 0.4) is 0 Å². The lowest BCUT2D eigenvalue weighted by atomic mass is 10.1. The number of rotatable bonds is 4. The molecule has 0 aromatic heterocycles. The molecule has 1 unspecified atom stereocenters. The topological polar surface area (TPSA) is 84.3 Å². The number of hydrogen-bond acceptors (Lipinski definition) is 4. The number of benzene rings is 1. The minimum atomic E-state index is -0.465. The Morgan fingerprint density at radius 2 is 2.37 bits per heavy atom. The Balaban J connectivity index is 2.02. The summed E-state index contributed by atoms with van der Waals surface area (Å²) in [6.45, 7) is 2.76. The van der Waals surface area contributed by atoms with E-state index in [1.807, 2.05) is 6.92 Å². The average molecular weight is 263 g/mol. The van der Waals surface area contributed by atoms with Gasteiger partial charge in [-0.05, 0) is 31.9 Å². The second-order valence-corrected chi connectivity index (χ2v) is 4.80. The van der Waals surface area contributed by atoms with Crippen LogP contribution < -0.4 is 10.6 Å². The van der Waals surface area contributed by atoms with Crippen molar-refractivity contribution < 1.29 is 9.72 Å². The van der Waals surface area contributed by atoms with Gasteiger partial charge in [0.25, 0.3) is 5.69 Å². The van der Waals surface area contributed by atoms with Gasteiger partial charge in [0.2, 0.25) is 5.91 Å². The Bertz CT molecular complexity index is 496. The highest BCUT2D eigenvalue weighted by Crippen LogP contribution is 2.22. The second kappa shape index (κ2) is 5.79. The zero-order valence-corrected chi connectivity index (χ0v) is 10.8. The maximum Gasteiger partial charge on any atom is 0.271 e. The Hall–Kier alpha value is -1.95. The van der Waals surface area contributed by atoms with Crippen LogP contribution in [-0.2, 0) is 4.79 Å². The van der Waals surface area contributed by atoms with Gasteiger partial charge in [-0.1, -0.05) is 6.07 Å². The fourth-order valence-corrected chi connectivity index (χ4v) is 2.21. The van der Waals surface area contributed by atoms with Crippen LogP contribution in [0.25, 0.3) is 0 Å². The molecule has 1 amide bonds. The van der Waals surface area contributed by atoms with Crippen LogP contribution in [0, 0.1) is 17.0 Å². The maximum atomic E-state index is 11.9. The van der Waals surface area contributed by atoms with Crippen LogP contribution in [0.1, 0.15) is 24.8 Å². The van der Waals surface area contributed by atoms with Gasteiger partial charge in [-0.25, -0.2) is 0 Å². The van der Waals surface area contributed by atoms with Gasteiger partial charge < -0.3 is 10.6 Å². The van der Waals surface area contributed by atoms with Crippen molar-refractivity contribution in [1.82, 2.24) is 5.32 Å². The summed E-state index contributed by atoms with van der Waals surface area (Å²) in [6.07, 6.45) is 2.50. The third-order valence-electron chi connectivity index (χ3n) is 3.30. The van der Waals surface area contributed by atoms with Gasteiger partial charge in [0.1, 0.15) is 0 Å². The Labute approximate surface area is 111 Å². The van der Waals surface area contributed by atoms with Gasteiger partial charge in [0.15, 0.2) is 0 Å². The van der Waals surface area contributed by atoms with Crippen molar-refractivity contribution in [3.8, 4) is 0 Å². The standard InChI is InChI=1S/C13H17N3O3/c1-9-4-5-11(16(18)19)8-12(9)15-13(17)7-10-3-2-6-14-10/h4-5,8,10,14H,2-3,6-7H2,1H3,(H,15,17). The van der Waals surface area contributed by atoms with Crippen molar-refractivity contribution in [3.63, 3.8) is 0 Å². The van der Waals surface area contributed by atoms with Gasteiger partial charge in [0.05, 0.1) is 10.6 Å². The molecular weight excluding hydrogens is 246 g/mol. The fraction of sp³-hybridized carbons (Fsp3) is 0.462. The average Bonchev–Trinajstić information content (AvgIpc) is 2.84. The van der Waals surface area contributed by atoms with Crippen molar-refractivity contribution in [2.75, 3.05) is 11.9 Å². The number of nitro benzene ring substituents is 1. The monoisotopic (exact) mass is 263 g/mol. The van der Waals surface area contributed by atoms with Crippen LogP contribution in [0.5, 0.6) is 0 Å². The van der Waals surface area contributed by atoms with Crippen molar-refractivity contribution in [2.24, 2.45) is 0 Å². The molecule has 6 nitrogen and oxygen atoms in total. The number of carbonyl (C=O) groups excluding carboxylic acids is 1. The predicted octanol–water partition coefficient (Wildman–Crippen LogP) is 1.98. The van der Waals surface area contributed by atoms with Gasteiger partial charge in [-0.3, -0.25) is 14.9 Å². The number of non-ortho nitro benzene ring substituents is 1. The number of hydrogen-bond donors (Lipinski definition) is 2. The van der Waals surface area contributed by atoms with E-state index in [1.165, 1.54) is 12.1 Å². The summed E-state index contributed by atoms with van der Waals surface area (Å²) in [5.41, 5.74) is 1.32. The lowest BCUT2D eigenvalue weighted by molar-refractivity contribution is -0.384. The summed E-state index contributed by atoms with van der Waals surface area (Å²) in [4.78, 5) is 22.1. The third kappa shape index (κ3) is 3.51. The number of nitrogens with zero attached hydrogens (tertiary/aromatic N) is 1. The molecular formula is C13H17N3O3. The summed E-state index contributed by atoms with van der Waals surface area (Å²) < 4.78 is 0. The van der Waals surface area contributed by atoms with E-state index in [1.54, 1.807) is 6.07 Å². The molecule has 1 aliphatic rings. The molecule has 0 bridgehead atoms. The molecule has 0 spiro atoms. The van der Waals surface area contributed by atoms with Gasteiger partial charge in [-0.2, -0.15) is 0 Å². The van der Waals surface area contributed by atoms with E-state index >= 15 is 0 Å². The van der Waals surface area contributed by atoms with E-state index in [2.05, 4.69) is 10.6 Å². The highest BCUT2D eigenvalue weighted by Gasteiger charge is 2.18. The number of amides is 1. The first kappa shape index (κ1) is 13.5. The molecule has 0 aliphatic carbocycles. The van der Waals surface area contributed by atoms with Crippen LogP contribution in [0.4, 0.5) is 11.4 Å². The first-order valence-corrected chi connectivity index (χ1v) is 6.34. The van der Waals surface area contributed by atoms with Crippen molar-refractivity contribution >= 4 is 17.3 Å². The largest absolute Gasteiger partial charge is 0.326 e. The zero-order chi connectivity index (χ0) is 13.8. The quantitative estimate of drug-likeness (QED) is 0.642. The smallest absolute Gasteiger partial charge is 0.271 e. The number of nitrogens with one attached hydrogen (secondary N) is 2. The minimum Gasteiger partial charge on any atom is -0.326 e. The molecule has 1 aliphatic heterocycles. The molecule has 0 radical (unpaired) electrons. The first-order chi connectivity index (χ1) is 9.06. The molecule has 1 atom stereocenters. The van der Waals surface area contributed by atoms with Crippen molar-refractivity contribution in [2.45, 2.75) is 32.2 Å². The normalized spacial score (nSPS) is 18.3. The van der Waals surface area contributed by atoms with Crippen LogP contribution in [0.2, 0.25) is 0 Å². The summed E-state index contributed by atoms with van der Waals surface area (Å²) in [7, 11) is 0. The van der Waals surface area contributed by atoms with Crippen LogP contribution in [-0.4, -0.2) is 23.4 Å². The molecule has 1 fully saturated rings. The summed E-state index contributed by atoms with van der Waals surface area (Å²) >= 11 is 0. The number of aryl methyl sites for hydroxylation is 1. The molecule has 2 N–H and O–H groups in total. The van der Waals surface area contributed by atoms with E-state index in [9.17, 15) is 14.9 Å². The van der Waals surface area contributed by atoms with Gasteiger partial charge in [-0.15, -0.1) is 0 Å². The second-order valence-electron chi connectivity index (χ2n) is 4.80. The lowest BCUT2D eigenvalue weighted by Gasteiger charge is -2.11. The summed E-state index contributed by atoms with van der Waals surface area (Å²) in [6, 6.07) is 4.69. The molecule has 102 valence electrons. The van der Waals surface area contributed by atoms with Gasteiger partial charge in [0, 0.05) is 24.6 Å². The molecule has 19 heavy (non-hydrogen) atoms. The first-order valence-electron chi connectivity index (χ1n) is 6.34. The van der Waals surface area contributed by atoms with E-state index in [0.29, 0.717) is 12.1 Å². The molecule has 1 saturated heterocycles. The summed E-state index contributed by atoms with van der Waals surface area (Å²) in [5.74, 6) is -0.108. The fourth-order valence-electron chi connectivity index (χ4n) is 2.21. The van der Waals surface area contributed by atoms with Crippen LogP contribution >= 0.6 is 0 Å². The number of anilines is 1. The molecule has 1 aromatic carbocycles. The van der Waals surface area contributed by atoms with E-state index in [-0.39, 0.29) is 17.6 Å². The Morgan fingerprint density at radius 3 is 3.00 bits per heavy atom. The minimum absolute atomic E-state index is 0.0140. The van der Waals surface area contributed by atoms with Crippen molar-refractivity contribution in [1.29, 1.82) is 0 Å². The zero-order valence-electron chi connectivity index (χ0n) is 10.8. The Morgan fingerprint density at radius 1 is 1.58 bits per heavy atom. The SMILES string of the molecule is Cc1ccc([N+](=O)[O-])cc1NC(=O)CC1CCCN1. The number of carbonyl (C=O) groups is 1. The molecule has 1 heterocycles. The highest BCUT2D eigenvalue weighted by molar-refractivity contribution is 5.92. The van der Waals surface area contributed by atoms with E-state index in [0.717, 1.165) is 24.9 Å². The van der Waals surface area contributed by atoms with Crippen molar-refractivity contribution in [3.05, 3.63) is 33.9 Å². The highest BCUT2D eigenvalue weighted by atomic mass is 16.6. The molecule has 2 rings (SSSR count). The Kier molecular flexibility index (Phi) is 4.11. The van der Waals surface area contributed by atoms with Crippen LogP contribution in [0.15, 0.2) is 18.2 Å². The third-order valence-corrected chi connectivity index (χ3v) is 3.30. The van der Waals surface area contributed by atoms with Gasteiger partial charge >= 0.3 is 0 Å².